The van der Waals surface area contributed by atoms with Gasteiger partial charge in [-0.2, -0.15) is 5.10 Å². The van der Waals surface area contributed by atoms with Crippen molar-refractivity contribution < 1.29 is 0 Å². The number of nitrogens with zero attached hydrogens (tertiary/aromatic N) is 7. The van der Waals surface area contributed by atoms with Gasteiger partial charge in [0, 0.05) is 61.0 Å². The summed E-state index contributed by atoms with van der Waals surface area (Å²) >= 11 is 0. The molecule has 0 aliphatic carbocycles. The first-order chi connectivity index (χ1) is 13.7. The van der Waals surface area contributed by atoms with Gasteiger partial charge in [0.1, 0.15) is 11.3 Å². The standard InChI is InChI=1S/C10H7N5.C9H10N4/c1-5-15-6-4-11-9(15)7-8(1)10-12-2-3-13-14-10;10-6-8(11)7-1-3-13-4-2-12-9(13)5-7/h1-7H;1-5,11H,6,10H2. The number of imidazole rings is 2. The Labute approximate surface area is 160 Å². The van der Waals surface area contributed by atoms with Gasteiger partial charge in [-0.05, 0) is 24.3 Å². The van der Waals surface area contributed by atoms with Crippen LogP contribution in [0.4, 0.5) is 0 Å². The summed E-state index contributed by atoms with van der Waals surface area (Å²) < 4.78 is 3.83. The Kier molecular flexibility index (Phi) is 4.81. The summed E-state index contributed by atoms with van der Waals surface area (Å²) in [5.41, 5.74) is 9.28. The monoisotopic (exact) mass is 371 g/mol. The molecule has 0 aliphatic rings. The van der Waals surface area contributed by atoms with Crippen LogP contribution in [0.15, 0.2) is 73.8 Å². The fraction of sp³-hybridized carbons (Fsp3) is 0.0526. The average molecular weight is 371 g/mol. The number of pyridine rings is 2. The highest BCUT2D eigenvalue weighted by atomic mass is 15.1. The van der Waals surface area contributed by atoms with Crippen LogP contribution in [0.2, 0.25) is 0 Å². The van der Waals surface area contributed by atoms with Gasteiger partial charge in [0.05, 0.1) is 11.9 Å². The molecule has 0 saturated heterocycles. The van der Waals surface area contributed by atoms with E-state index >= 15 is 0 Å². The Morgan fingerprint density at radius 3 is 2.25 bits per heavy atom. The minimum atomic E-state index is 0.261. The molecule has 5 heterocycles. The number of nitrogens with two attached hydrogens (primary N) is 1. The second kappa shape index (κ2) is 7.72. The summed E-state index contributed by atoms with van der Waals surface area (Å²) in [4.78, 5) is 12.4. The maximum absolute atomic E-state index is 7.54. The number of hydrogen-bond acceptors (Lipinski definition) is 7. The zero-order valence-electron chi connectivity index (χ0n) is 14.8. The smallest absolute Gasteiger partial charge is 0.181 e. The highest BCUT2D eigenvalue weighted by molar-refractivity contribution is 6.00. The molecule has 28 heavy (non-hydrogen) atoms. The van der Waals surface area contributed by atoms with Gasteiger partial charge in [-0.15, -0.1) is 5.10 Å². The molecule has 5 aromatic rings. The highest BCUT2D eigenvalue weighted by Gasteiger charge is 2.02. The highest BCUT2D eigenvalue weighted by Crippen LogP contribution is 2.14. The molecule has 3 N–H and O–H groups in total. The molecule has 5 aromatic heterocycles. The average Bonchev–Trinajstić information content (AvgIpc) is 3.42. The molecular formula is C19H17N9. The number of hydrogen-bond donors (Lipinski definition) is 2. The molecule has 9 heteroatoms. The minimum absolute atomic E-state index is 0.261. The van der Waals surface area contributed by atoms with Crippen molar-refractivity contribution >= 4 is 17.0 Å². The molecule has 0 saturated carbocycles. The molecule has 0 amide bonds. The van der Waals surface area contributed by atoms with E-state index in [0.29, 0.717) is 11.5 Å². The predicted molar refractivity (Wildman–Crippen MR) is 105 cm³/mol. The topological polar surface area (TPSA) is 123 Å². The summed E-state index contributed by atoms with van der Waals surface area (Å²) in [7, 11) is 0. The first kappa shape index (κ1) is 17.4. The first-order valence-corrected chi connectivity index (χ1v) is 8.52. The Morgan fingerprint density at radius 1 is 0.857 bits per heavy atom. The SMILES string of the molecule is N=C(CN)c1ccn2ccnc2c1.c1cnc(-c2ccn3ccnc3c2)nn1. The quantitative estimate of drug-likeness (QED) is 0.467. The van der Waals surface area contributed by atoms with Gasteiger partial charge in [-0.1, -0.05) is 0 Å². The van der Waals surface area contributed by atoms with Crippen LogP contribution < -0.4 is 5.73 Å². The lowest BCUT2D eigenvalue weighted by Gasteiger charge is -2.00. The van der Waals surface area contributed by atoms with Crippen molar-refractivity contribution in [2.45, 2.75) is 0 Å². The summed E-state index contributed by atoms with van der Waals surface area (Å²) in [6.45, 7) is 0.261. The fourth-order valence-electron chi connectivity index (χ4n) is 2.64. The molecule has 0 bridgehead atoms. The molecule has 9 nitrogen and oxygen atoms in total. The Balaban J connectivity index is 0.000000139. The van der Waals surface area contributed by atoms with E-state index < -0.39 is 0 Å². The predicted octanol–water partition coefficient (Wildman–Crippen LogP) is 1.85. The van der Waals surface area contributed by atoms with Crippen molar-refractivity contribution in [2.75, 3.05) is 6.54 Å². The van der Waals surface area contributed by atoms with Crippen LogP contribution >= 0.6 is 0 Å². The van der Waals surface area contributed by atoms with Gasteiger partial charge in [-0.3, -0.25) is 0 Å². The number of nitrogens with one attached hydrogen (secondary N) is 1. The van der Waals surface area contributed by atoms with Crippen molar-refractivity contribution in [1.82, 2.24) is 34.0 Å². The summed E-state index contributed by atoms with van der Waals surface area (Å²) in [6, 6.07) is 7.59. The normalized spacial score (nSPS) is 10.6. The lowest BCUT2D eigenvalue weighted by molar-refractivity contribution is 0.978. The van der Waals surface area contributed by atoms with Crippen LogP contribution in [0, 0.1) is 5.41 Å². The maximum atomic E-state index is 7.54. The van der Waals surface area contributed by atoms with E-state index in [-0.39, 0.29) is 6.54 Å². The van der Waals surface area contributed by atoms with E-state index in [1.807, 2.05) is 57.9 Å². The molecular weight excluding hydrogens is 354 g/mol. The molecule has 0 unspecified atom stereocenters. The number of fused-ring (bicyclic) bond motifs is 2. The van der Waals surface area contributed by atoms with E-state index in [0.717, 1.165) is 22.4 Å². The fourth-order valence-corrected chi connectivity index (χ4v) is 2.64. The van der Waals surface area contributed by atoms with Crippen LogP contribution in [-0.4, -0.2) is 46.2 Å². The lowest BCUT2D eigenvalue weighted by Crippen LogP contribution is -2.13. The third kappa shape index (κ3) is 3.60. The Bertz CT molecular complexity index is 1220. The van der Waals surface area contributed by atoms with E-state index in [2.05, 4.69) is 25.1 Å². The molecule has 0 fully saturated rings. The Morgan fingerprint density at radius 2 is 1.57 bits per heavy atom. The molecule has 0 spiro atoms. The van der Waals surface area contributed by atoms with Gasteiger partial charge in [0.2, 0.25) is 0 Å². The van der Waals surface area contributed by atoms with Crippen molar-refractivity contribution in [1.29, 1.82) is 5.41 Å². The summed E-state index contributed by atoms with van der Waals surface area (Å²) in [5, 5.41) is 15.3. The maximum Gasteiger partial charge on any atom is 0.181 e. The molecule has 5 rings (SSSR count). The lowest BCUT2D eigenvalue weighted by atomic mass is 10.1. The second-order valence-corrected chi connectivity index (χ2v) is 5.87. The number of aromatic nitrogens is 7. The van der Waals surface area contributed by atoms with Crippen LogP contribution in [0.5, 0.6) is 0 Å². The zero-order valence-corrected chi connectivity index (χ0v) is 14.8. The van der Waals surface area contributed by atoms with Crippen LogP contribution in [-0.2, 0) is 0 Å². The van der Waals surface area contributed by atoms with Crippen LogP contribution in [0.25, 0.3) is 22.7 Å². The Hall–Kier alpha value is -3.98. The van der Waals surface area contributed by atoms with Gasteiger partial charge in [0.15, 0.2) is 5.82 Å². The number of rotatable bonds is 3. The summed E-state index contributed by atoms with van der Waals surface area (Å²) in [6.07, 6.45) is 14.2. The van der Waals surface area contributed by atoms with E-state index in [1.165, 1.54) is 0 Å². The molecule has 0 radical (unpaired) electrons. The van der Waals surface area contributed by atoms with E-state index in [1.54, 1.807) is 24.8 Å². The van der Waals surface area contributed by atoms with Crippen molar-refractivity contribution in [3.05, 3.63) is 79.4 Å². The van der Waals surface area contributed by atoms with Gasteiger partial charge >= 0.3 is 0 Å². The summed E-state index contributed by atoms with van der Waals surface area (Å²) in [5.74, 6) is 0.614. The van der Waals surface area contributed by atoms with Crippen LogP contribution in [0.3, 0.4) is 0 Å². The first-order valence-electron chi connectivity index (χ1n) is 8.52. The minimum Gasteiger partial charge on any atom is -0.325 e. The second-order valence-electron chi connectivity index (χ2n) is 5.87. The van der Waals surface area contributed by atoms with E-state index in [9.17, 15) is 0 Å². The third-order valence-electron chi connectivity index (χ3n) is 4.09. The molecule has 0 aromatic carbocycles. The largest absolute Gasteiger partial charge is 0.325 e. The molecule has 0 aliphatic heterocycles. The van der Waals surface area contributed by atoms with Crippen molar-refractivity contribution in [3.63, 3.8) is 0 Å². The molecule has 0 atom stereocenters. The van der Waals surface area contributed by atoms with Gasteiger partial charge in [-0.25, -0.2) is 15.0 Å². The van der Waals surface area contributed by atoms with Crippen molar-refractivity contribution in [2.24, 2.45) is 5.73 Å². The van der Waals surface area contributed by atoms with Gasteiger partial charge < -0.3 is 19.9 Å². The van der Waals surface area contributed by atoms with Gasteiger partial charge in [0.25, 0.3) is 0 Å². The third-order valence-corrected chi connectivity index (χ3v) is 4.09. The zero-order chi connectivity index (χ0) is 19.3. The van der Waals surface area contributed by atoms with Crippen molar-refractivity contribution in [3.8, 4) is 11.4 Å². The molecule has 138 valence electrons. The van der Waals surface area contributed by atoms with Crippen LogP contribution in [0.1, 0.15) is 5.56 Å². The van der Waals surface area contributed by atoms with E-state index in [4.69, 9.17) is 11.1 Å².